The van der Waals surface area contributed by atoms with Crippen LogP contribution < -0.4 is 5.32 Å². The molecule has 0 spiro atoms. The van der Waals surface area contributed by atoms with Gasteiger partial charge in [-0.05, 0) is 53.4 Å². The van der Waals surface area contributed by atoms with Gasteiger partial charge in [-0.15, -0.1) is 12.6 Å². The van der Waals surface area contributed by atoms with Gasteiger partial charge >= 0.3 is 0 Å². The third-order valence-corrected chi connectivity index (χ3v) is 4.59. The monoisotopic (exact) mass is 327 g/mol. The van der Waals surface area contributed by atoms with Crippen molar-refractivity contribution in [1.29, 1.82) is 0 Å². The van der Waals surface area contributed by atoms with Crippen LogP contribution in [0.5, 0.6) is 0 Å². The second-order valence-electron chi connectivity index (χ2n) is 4.85. The zero-order valence-electron chi connectivity index (χ0n) is 9.73. The number of amides is 1. The van der Waals surface area contributed by atoms with E-state index < -0.39 is 0 Å². The molecule has 3 atom stereocenters. The Balaban J connectivity index is 1.73. The maximum absolute atomic E-state index is 12.2. The highest BCUT2D eigenvalue weighted by molar-refractivity contribution is 9.10. The van der Waals surface area contributed by atoms with Gasteiger partial charge in [0.25, 0.3) is 5.91 Å². The second kappa shape index (κ2) is 4.87. The molecule has 0 aliphatic carbocycles. The summed E-state index contributed by atoms with van der Waals surface area (Å²) in [5.41, 5.74) is 0.630. The van der Waals surface area contributed by atoms with Gasteiger partial charge in [-0.25, -0.2) is 0 Å². The van der Waals surface area contributed by atoms with Crippen LogP contribution in [0, 0.1) is 0 Å². The third kappa shape index (κ3) is 2.31. The molecule has 0 saturated carbocycles. The molecule has 18 heavy (non-hydrogen) atoms. The number of rotatable bonds is 2. The van der Waals surface area contributed by atoms with Crippen molar-refractivity contribution in [3.05, 3.63) is 28.2 Å². The van der Waals surface area contributed by atoms with Gasteiger partial charge in [-0.2, -0.15) is 0 Å². The fourth-order valence-corrected chi connectivity index (χ4v) is 3.35. The van der Waals surface area contributed by atoms with Crippen molar-refractivity contribution in [2.75, 3.05) is 0 Å². The number of benzene rings is 1. The van der Waals surface area contributed by atoms with E-state index in [1.807, 2.05) is 12.1 Å². The number of thiol groups is 1. The van der Waals surface area contributed by atoms with E-state index >= 15 is 0 Å². The SMILES string of the molecule is O=C(NC1CC2CCC1O2)c1cc(S)ccc1Br. The quantitative estimate of drug-likeness (QED) is 0.820. The molecule has 0 aromatic heterocycles. The topological polar surface area (TPSA) is 38.3 Å². The van der Waals surface area contributed by atoms with E-state index in [-0.39, 0.29) is 18.1 Å². The number of hydrogen-bond donors (Lipinski definition) is 2. The van der Waals surface area contributed by atoms with Gasteiger partial charge in [0.2, 0.25) is 0 Å². The van der Waals surface area contributed by atoms with Gasteiger partial charge in [0, 0.05) is 9.37 Å². The Hall–Kier alpha value is -0.520. The van der Waals surface area contributed by atoms with Gasteiger partial charge in [0.1, 0.15) is 0 Å². The average Bonchev–Trinajstić information content (AvgIpc) is 2.94. The molecule has 2 aliphatic rings. The van der Waals surface area contributed by atoms with Crippen molar-refractivity contribution in [3.8, 4) is 0 Å². The first kappa shape index (κ1) is 12.5. The van der Waals surface area contributed by atoms with Crippen molar-refractivity contribution in [2.45, 2.75) is 42.4 Å². The number of ether oxygens (including phenoxy) is 1. The largest absolute Gasteiger partial charge is 0.373 e. The molecule has 1 aromatic rings. The van der Waals surface area contributed by atoms with Gasteiger partial charge in [0.15, 0.2) is 0 Å². The molecular weight excluding hydrogens is 314 g/mol. The number of hydrogen-bond acceptors (Lipinski definition) is 3. The lowest BCUT2D eigenvalue weighted by atomic mass is 9.95. The van der Waals surface area contributed by atoms with Crippen LogP contribution in [0.15, 0.2) is 27.6 Å². The minimum absolute atomic E-state index is 0.0566. The first-order valence-electron chi connectivity index (χ1n) is 6.08. The summed E-state index contributed by atoms with van der Waals surface area (Å²) in [5, 5.41) is 3.07. The van der Waals surface area contributed by atoms with Crippen molar-refractivity contribution in [2.24, 2.45) is 0 Å². The van der Waals surface area contributed by atoms with E-state index in [2.05, 4.69) is 33.9 Å². The third-order valence-electron chi connectivity index (χ3n) is 3.62. The number of halogens is 1. The number of nitrogens with one attached hydrogen (secondary N) is 1. The molecule has 3 unspecified atom stereocenters. The van der Waals surface area contributed by atoms with Crippen molar-refractivity contribution >= 4 is 34.5 Å². The molecule has 3 rings (SSSR count). The van der Waals surface area contributed by atoms with Crippen molar-refractivity contribution in [3.63, 3.8) is 0 Å². The van der Waals surface area contributed by atoms with Crippen LogP contribution in [-0.2, 0) is 4.74 Å². The van der Waals surface area contributed by atoms with Gasteiger partial charge in [0.05, 0.1) is 23.8 Å². The van der Waals surface area contributed by atoms with E-state index in [9.17, 15) is 4.79 Å². The fourth-order valence-electron chi connectivity index (χ4n) is 2.72. The lowest BCUT2D eigenvalue weighted by Gasteiger charge is -2.20. The molecule has 3 nitrogen and oxygen atoms in total. The molecule has 5 heteroatoms. The van der Waals surface area contributed by atoms with E-state index in [0.29, 0.717) is 11.7 Å². The number of fused-ring (bicyclic) bond motifs is 2. The Kier molecular flexibility index (Phi) is 3.38. The summed E-state index contributed by atoms with van der Waals surface area (Å²) in [7, 11) is 0. The number of carbonyl (C=O) groups is 1. The molecule has 2 heterocycles. The lowest BCUT2D eigenvalue weighted by molar-refractivity contribution is 0.0840. The molecular formula is C13H14BrNO2S. The summed E-state index contributed by atoms with van der Waals surface area (Å²) in [4.78, 5) is 13.0. The summed E-state index contributed by atoms with van der Waals surface area (Å²) < 4.78 is 6.53. The maximum atomic E-state index is 12.2. The molecule has 1 amide bonds. The van der Waals surface area contributed by atoms with Crippen LogP contribution in [0.4, 0.5) is 0 Å². The first-order chi connectivity index (χ1) is 8.63. The average molecular weight is 328 g/mol. The Morgan fingerprint density at radius 3 is 2.94 bits per heavy atom. The lowest BCUT2D eigenvalue weighted by Crippen LogP contribution is -2.41. The molecule has 1 N–H and O–H groups in total. The first-order valence-corrected chi connectivity index (χ1v) is 7.32. The molecule has 0 radical (unpaired) electrons. The Morgan fingerprint density at radius 1 is 1.44 bits per heavy atom. The fraction of sp³-hybridized carbons (Fsp3) is 0.462. The predicted molar refractivity (Wildman–Crippen MR) is 75.2 cm³/mol. The van der Waals surface area contributed by atoms with Crippen molar-refractivity contribution < 1.29 is 9.53 Å². The van der Waals surface area contributed by atoms with E-state index in [1.54, 1.807) is 6.07 Å². The Bertz CT molecular complexity index is 494. The molecule has 1 aromatic carbocycles. The normalized spacial score (nSPS) is 29.6. The van der Waals surface area contributed by atoms with Crippen LogP contribution in [0.1, 0.15) is 29.6 Å². The summed E-state index contributed by atoms with van der Waals surface area (Å²) in [6.45, 7) is 0. The molecule has 2 saturated heterocycles. The van der Waals surface area contributed by atoms with E-state index in [0.717, 1.165) is 28.6 Å². The summed E-state index contributed by atoms with van der Waals surface area (Å²) in [6, 6.07) is 5.63. The zero-order valence-corrected chi connectivity index (χ0v) is 12.2. The summed E-state index contributed by atoms with van der Waals surface area (Å²) in [5.74, 6) is -0.0566. The minimum Gasteiger partial charge on any atom is -0.373 e. The molecule has 96 valence electrons. The Morgan fingerprint density at radius 2 is 2.28 bits per heavy atom. The van der Waals surface area contributed by atoms with Crippen LogP contribution in [0.3, 0.4) is 0 Å². The Labute approximate surface area is 120 Å². The molecule has 2 bridgehead atoms. The molecule has 2 aliphatic heterocycles. The molecule has 2 fully saturated rings. The van der Waals surface area contributed by atoms with E-state index in [4.69, 9.17) is 4.74 Å². The van der Waals surface area contributed by atoms with Crippen molar-refractivity contribution in [1.82, 2.24) is 5.32 Å². The minimum atomic E-state index is -0.0566. The van der Waals surface area contributed by atoms with Gasteiger partial charge in [-0.1, -0.05) is 0 Å². The van der Waals surface area contributed by atoms with Crippen LogP contribution in [0.2, 0.25) is 0 Å². The zero-order chi connectivity index (χ0) is 12.7. The van der Waals surface area contributed by atoms with Crippen LogP contribution >= 0.6 is 28.6 Å². The summed E-state index contributed by atoms with van der Waals surface area (Å²) in [6.07, 6.45) is 3.68. The maximum Gasteiger partial charge on any atom is 0.252 e. The highest BCUT2D eigenvalue weighted by Crippen LogP contribution is 2.34. The second-order valence-corrected chi connectivity index (χ2v) is 6.22. The standard InChI is InChI=1S/C13H14BrNO2S/c14-10-3-2-8(18)6-9(10)13(16)15-11-5-7-1-4-12(11)17-7/h2-3,6-7,11-12,18H,1,4-5H2,(H,15,16). The number of carbonyl (C=O) groups excluding carboxylic acids is 1. The van der Waals surface area contributed by atoms with Crippen LogP contribution in [0.25, 0.3) is 0 Å². The van der Waals surface area contributed by atoms with E-state index in [1.165, 1.54) is 0 Å². The highest BCUT2D eigenvalue weighted by atomic mass is 79.9. The summed E-state index contributed by atoms with van der Waals surface area (Å²) >= 11 is 7.66. The van der Waals surface area contributed by atoms with Crippen LogP contribution in [-0.4, -0.2) is 24.2 Å². The predicted octanol–water partition coefficient (Wildman–Crippen LogP) is 2.79. The highest BCUT2D eigenvalue weighted by Gasteiger charge is 2.41. The van der Waals surface area contributed by atoms with Gasteiger partial charge in [-0.3, -0.25) is 4.79 Å². The van der Waals surface area contributed by atoms with Gasteiger partial charge < -0.3 is 10.1 Å². The smallest absolute Gasteiger partial charge is 0.252 e.